The van der Waals surface area contributed by atoms with Gasteiger partial charge in [-0.05, 0) is 68.9 Å². The van der Waals surface area contributed by atoms with Gasteiger partial charge < -0.3 is 14.3 Å². The van der Waals surface area contributed by atoms with Gasteiger partial charge in [0.25, 0.3) is 0 Å². The van der Waals surface area contributed by atoms with Gasteiger partial charge in [-0.15, -0.1) is 0 Å². The standard InChI is InChI=1S/C17H11Br2IN2O4/c1-25-14-4-9(11(19)6-13(14)23)7-21-22-17(24)15-3-8-2-10(18)5-12(20)16(8)26-15/h2-7,23H,1H3,(H,22,24)/b21-7-. The Morgan fingerprint density at radius 3 is 2.81 bits per heavy atom. The maximum atomic E-state index is 12.3. The summed E-state index contributed by atoms with van der Waals surface area (Å²) in [5, 5.41) is 14.5. The summed E-state index contributed by atoms with van der Waals surface area (Å²) in [5.74, 6) is 0.00349. The molecule has 1 heterocycles. The van der Waals surface area contributed by atoms with Crippen molar-refractivity contribution < 1.29 is 19.1 Å². The number of nitrogens with zero attached hydrogens (tertiary/aromatic N) is 1. The molecule has 0 aliphatic carbocycles. The molecule has 26 heavy (non-hydrogen) atoms. The van der Waals surface area contributed by atoms with E-state index in [1.54, 1.807) is 12.1 Å². The molecule has 1 amide bonds. The Labute approximate surface area is 179 Å². The number of furan rings is 1. The summed E-state index contributed by atoms with van der Waals surface area (Å²) in [7, 11) is 1.45. The number of phenols is 1. The predicted molar refractivity (Wildman–Crippen MR) is 114 cm³/mol. The molecule has 0 saturated heterocycles. The summed E-state index contributed by atoms with van der Waals surface area (Å²) in [6.07, 6.45) is 1.44. The Bertz CT molecular complexity index is 1030. The van der Waals surface area contributed by atoms with Crippen molar-refractivity contribution in [1.82, 2.24) is 5.43 Å². The summed E-state index contributed by atoms with van der Waals surface area (Å²) < 4.78 is 13.1. The normalized spacial score (nSPS) is 11.2. The van der Waals surface area contributed by atoms with Crippen molar-refractivity contribution in [2.45, 2.75) is 0 Å². The van der Waals surface area contributed by atoms with Crippen LogP contribution in [0.2, 0.25) is 0 Å². The van der Waals surface area contributed by atoms with Crippen LogP contribution in [0, 0.1) is 3.57 Å². The fourth-order valence-corrected chi connectivity index (χ4v) is 4.32. The first-order valence-corrected chi connectivity index (χ1v) is 9.84. The van der Waals surface area contributed by atoms with E-state index in [0.29, 0.717) is 21.4 Å². The predicted octanol–water partition coefficient (Wildman–Crippen LogP) is 5.04. The average molecular weight is 594 g/mol. The average Bonchev–Trinajstić information content (AvgIpc) is 3.01. The van der Waals surface area contributed by atoms with Gasteiger partial charge in [-0.25, -0.2) is 5.43 Å². The molecule has 0 aliphatic rings. The van der Waals surface area contributed by atoms with Crippen molar-refractivity contribution in [2.75, 3.05) is 7.11 Å². The van der Waals surface area contributed by atoms with Crippen molar-refractivity contribution >= 4 is 77.5 Å². The van der Waals surface area contributed by atoms with E-state index in [1.807, 2.05) is 12.1 Å². The minimum absolute atomic E-state index is 0.00333. The van der Waals surface area contributed by atoms with Crippen molar-refractivity contribution in [2.24, 2.45) is 5.10 Å². The van der Waals surface area contributed by atoms with Crippen LogP contribution in [0.1, 0.15) is 16.1 Å². The minimum Gasteiger partial charge on any atom is -0.504 e. The second-order valence-corrected chi connectivity index (χ2v) is 8.09. The van der Waals surface area contributed by atoms with Crippen molar-refractivity contribution in [1.29, 1.82) is 0 Å². The number of methoxy groups -OCH3 is 1. The molecule has 3 rings (SSSR count). The molecule has 0 unspecified atom stereocenters. The monoisotopic (exact) mass is 592 g/mol. The molecule has 9 heteroatoms. The summed E-state index contributed by atoms with van der Waals surface area (Å²) >= 11 is 8.88. The van der Waals surface area contributed by atoms with Crippen LogP contribution < -0.4 is 10.2 Å². The topological polar surface area (TPSA) is 84.1 Å². The Balaban J connectivity index is 1.79. The summed E-state index contributed by atoms with van der Waals surface area (Å²) in [5.41, 5.74) is 3.70. The third-order valence-electron chi connectivity index (χ3n) is 3.43. The lowest BCUT2D eigenvalue weighted by molar-refractivity contribution is 0.0929. The number of benzene rings is 2. The van der Waals surface area contributed by atoms with Crippen LogP contribution in [0.15, 0.2) is 48.8 Å². The summed E-state index contributed by atoms with van der Waals surface area (Å²) in [6, 6.07) is 8.52. The second-order valence-electron chi connectivity index (χ2n) is 5.16. The number of hydrogen-bond acceptors (Lipinski definition) is 5. The van der Waals surface area contributed by atoms with E-state index in [1.165, 1.54) is 19.4 Å². The number of hydrazone groups is 1. The third kappa shape index (κ3) is 4.04. The number of nitrogens with one attached hydrogen (secondary N) is 1. The first-order valence-electron chi connectivity index (χ1n) is 7.17. The van der Waals surface area contributed by atoms with E-state index < -0.39 is 5.91 Å². The molecule has 134 valence electrons. The quantitative estimate of drug-likeness (QED) is 0.252. The molecule has 6 nitrogen and oxygen atoms in total. The maximum Gasteiger partial charge on any atom is 0.307 e. The largest absolute Gasteiger partial charge is 0.504 e. The molecule has 1 aromatic heterocycles. The van der Waals surface area contributed by atoms with Gasteiger partial charge in [-0.3, -0.25) is 4.79 Å². The number of fused-ring (bicyclic) bond motifs is 1. The molecule has 2 aromatic carbocycles. The van der Waals surface area contributed by atoms with Gasteiger partial charge in [0.2, 0.25) is 0 Å². The molecular formula is C17H11Br2IN2O4. The van der Waals surface area contributed by atoms with Crippen molar-refractivity contribution in [3.8, 4) is 11.5 Å². The highest BCUT2D eigenvalue weighted by molar-refractivity contribution is 14.1. The van der Waals surface area contributed by atoms with E-state index in [2.05, 4.69) is 65.0 Å². The van der Waals surface area contributed by atoms with Crippen molar-refractivity contribution in [3.63, 3.8) is 0 Å². The Morgan fingerprint density at radius 1 is 1.31 bits per heavy atom. The van der Waals surface area contributed by atoms with Crippen LogP contribution in [0.5, 0.6) is 11.5 Å². The molecule has 0 spiro atoms. The highest BCUT2D eigenvalue weighted by atomic mass is 127. The molecule has 2 N–H and O–H groups in total. The zero-order valence-electron chi connectivity index (χ0n) is 13.2. The first-order chi connectivity index (χ1) is 12.4. The van der Waals surface area contributed by atoms with Crippen molar-refractivity contribution in [3.05, 3.63) is 54.2 Å². The lowest BCUT2D eigenvalue weighted by Gasteiger charge is -2.06. The van der Waals surface area contributed by atoms with E-state index in [4.69, 9.17) is 9.15 Å². The molecule has 0 fully saturated rings. The number of amides is 1. The number of carbonyl (C=O) groups excluding carboxylic acids is 1. The van der Waals surface area contributed by atoms with Gasteiger partial charge in [-0.1, -0.05) is 15.9 Å². The fourth-order valence-electron chi connectivity index (χ4n) is 2.22. The highest BCUT2D eigenvalue weighted by Crippen LogP contribution is 2.31. The van der Waals surface area contributed by atoms with Gasteiger partial charge in [0.15, 0.2) is 17.3 Å². The van der Waals surface area contributed by atoms with E-state index >= 15 is 0 Å². The summed E-state index contributed by atoms with van der Waals surface area (Å²) in [4.78, 5) is 12.3. The van der Waals surface area contributed by atoms with Crippen LogP contribution in [0.25, 0.3) is 11.0 Å². The number of ether oxygens (including phenoxy) is 1. The molecular weight excluding hydrogens is 583 g/mol. The van der Waals surface area contributed by atoms with Gasteiger partial charge in [0, 0.05) is 19.9 Å². The summed E-state index contributed by atoms with van der Waals surface area (Å²) in [6.45, 7) is 0. The third-order valence-corrected chi connectivity index (χ3v) is 5.37. The Hall–Kier alpha value is -1.59. The first kappa shape index (κ1) is 19.2. The smallest absolute Gasteiger partial charge is 0.307 e. The fraction of sp³-hybridized carbons (Fsp3) is 0.0588. The SMILES string of the molecule is COc1cc(/C=N\NC(=O)c2cc3cc(Br)cc(I)c3o2)c(Br)cc1O. The second kappa shape index (κ2) is 7.97. The lowest BCUT2D eigenvalue weighted by atomic mass is 10.2. The van der Waals surface area contributed by atoms with Crippen LogP contribution in [-0.2, 0) is 0 Å². The number of phenolic OH excluding ortho intramolecular Hbond substituents is 1. The lowest BCUT2D eigenvalue weighted by Crippen LogP contribution is -2.16. The van der Waals surface area contributed by atoms with Crippen LogP contribution >= 0.6 is 54.5 Å². The molecule has 0 saturated carbocycles. The number of carbonyl (C=O) groups is 1. The number of halogens is 3. The van der Waals surface area contributed by atoms with Crippen LogP contribution in [-0.4, -0.2) is 24.3 Å². The van der Waals surface area contributed by atoms with Gasteiger partial charge in [-0.2, -0.15) is 5.10 Å². The Kier molecular flexibility index (Phi) is 5.88. The number of aromatic hydroxyl groups is 1. The van der Waals surface area contributed by atoms with Crippen LogP contribution in [0.4, 0.5) is 0 Å². The highest BCUT2D eigenvalue weighted by Gasteiger charge is 2.14. The maximum absolute atomic E-state index is 12.3. The minimum atomic E-state index is -0.466. The zero-order chi connectivity index (χ0) is 18.8. The number of hydrogen-bond donors (Lipinski definition) is 2. The van der Waals surface area contributed by atoms with Gasteiger partial charge in [0.05, 0.1) is 16.9 Å². The zero-order valence-corrected chi connectivity index (χ0v) is 18.5. The van der Waals surface area contributed by atoms with E-state index in [-0.39, 0.29) is 11.5 Å². The van der Waals surface area contributed by atoms with Crippen LogP contribution in [0.3, 0.4) is 0 Å². The van der Waals surface area contributed by atoms with Gasteiger partial charge in [0.1, 0.15) is 5.58 Å². The van der Waals surface area contributed by atoms with E-state index in [0.717, 1.165) is 13.4 Å². The number of rotatable bonds is 4. The molecule has 3 aromatic rings. The molecule has 0 atom stereocenters. The molecule has 0 aliphatic heterocycles. The molecule has 0 bridgehead atoms. The molecule has 0 radical (unpaired) electrons. The van der Waals surface area contributed by atoms with Gasteiger partial charge >= 0.3 is 5.91 Å². The van der Waals surface area contributed by atoms with E-state index in [9.17, 15) is 9.90 Å². The Morgan fingerprint density at radius 2 is 2.08 bits per heavy atom.